The first kappa shape index (κ1) is 24.3. The van der Waals surface area contributed by atoms with Crippen LogP contribution in [-0.4, -0.2) is 49.3 Å². The van der Waals surface area contributed by atoms with Gasteiger partial charge in [-0.25, -0.2) is 9.97 Å². The van der Waals surface area contributed by atoms with Gasteiger partial charge >= 0.3 is 0 Å². The van der Waals surface area contributed by atoms with Crippen LogP contribution in [0.1, 0.15) is 0 Å². The first-order valence-corrected chi connectivity index (χ1v) is 11.6. The predicted octanol–water partition coefficient (Wildman–Crippen LogP) is 4.87. The molecule has 11 nitrogen and oxygen atoms in total. The lowest BCUT2D eigenvalue weighted by Crippen LogP contribution is -2.09. The van der Waals surface area contributed by atoms with Gasteiger partial charge in [-0.3, -0.25) is 13.9 Å². The van der Waals surface area contributed by atoms with Gasteiger partial charge < -0.3 is 20.1 Å². The molecule has 0 radical (unpaired) electrons. The molecule has 0 unspecified atom stereocenters. The van der Waals surface area contributed by atoms with E-state index in [9.17, 15) is 4.79 Å². The number of carbonyl (C=O) groups is 1. The van der Waals surface area contributed by atoms with E-state index in [1.54, 1.807) is 47.0 Å². The first-order chi connectivity index (χ1) is 17.8. The van der Waals surface area contributed by atoms with Crippen molar-refractivity contribution in [2.45, 2.75) is 0 Å². The van der Waals surface area contributed by atoms with Gasteiger partial charge in [0.25, 0.3) is 0 Å². The summed E-state index contributed by atoms with van der Waals surface area (Å²) in [7, 11) is 4.76. The second kappa shape index (κ2) is 9.60. The SMILES string of the molecule is C=CC(=O)Nc1cn(C)nc1Nc1ncc2cc(-c3c(Cl)c(OC)cc(OC)c3Cl)c3nccn3c2n1. The average Bonchev–Trinajstić information content (AvgIpc) is 3.51. The Morgan fingerprint density at radius 3 is 2.51 bits per heavy atom. The Labute approximate surface area is 220 Å². The number of amides is 1. The van der Waals surface area contributed by atoms with Gasteiger partial charge in [0.05, 0.1) is 30.5 Å². The van der Waals surface area contributed by atoms with Gasteiger partial charge in [-0.15, -0.1) is 0 Å². The molecule has 188 valence electrons. The van der Waals surface area contributed by atoms with E-state index in [1.165, 1.54) is 20.3 Å². The van der Waals surface area contributed by atoms with Crippen molar-refractivity contribution in [2.24, 2.45) is 7.05 Å². The van der Waals surface area contributed by atoms with E-state index in [0.717, 1.165) is 0 Å². The highest BCUT2D eigenvalue weighted by Crippen LogP contribution is 2.47. The molecule has 1 aromatic carbocycles. The summed E-state index contributed by atoms with van der Waals surface area (Å²) < 4.78 is 14.2. The van der Waals surface area contributed by atoms with E-state index < -0.39 is 0 Å². The van der Waals surface area contributed by atoms with Gasteiger partial charge in [-0.05, 0) is 12.1 Å². The number of carbonyl (C=O) groups excluding carboxylic acids is 1. The minimum absolute atomic E-state index is 0.266. The highest BCUT2D eigenvalue weighted by molar-refractivity contribution is 6.41. The summed E-state index contributed by atoms with van der Waals surface area (Å²) in [6.45, 7) is 3.47. The number of nitrogens with zero attached hydrogens (tertiary/aromatic N) is 6. The average molecular weight is 539 g/mol. The van der Waals surface area contributed by atoms with E-state index >= 15 is 0 Å². The third-order valence-electron chi connectivity index (χ3n) is 5.55. The molecule has 5 aromatic rings. The molecular weight excluding hydrogens is 519 g/mol. The Balaban J connectivity index is 1.64. The first-order valence-electron chi connectivity index (χ1n) is 10.8. The number of ether oxygens (including phenoxy) is 2. The summed E-state index contributed by atoms with van der Waals surface area (Å²) in [6.07, 6.45) is 7.90. The van der Waals surface area contributed by atoms with Crippen molar-refractivity contribution in [3.05, 3.63) is 59.6 Å². The van der Waals surface area contributed by atoms with E-state index in [-0.39, 0.29) is 11.9 Å². The van der Waals surface area contributed by atoms with Crippen LogP contribution in [0.2, 0.25) is 10.0 Å². The maximum atomic E-state index is 11.8. The maximum absolute atomic E-state index is 11.8. The molecule has 4 aromatic heterocycles. The normalized spacial score (nSPS) is 11.1. The molecule has 5 rings (SSSR count). The van der Waals surface area contributed by atoms with Crippen LogP contribution in [0.3, 0.4) is 0 Å². The van der Waals surface area contributed by atoms with Gasteiger partial charge in [0.15, 0.2) is 11.5 Å². The minimum atomic E-state index is -0.366. The number of nitrogens with one attached hydrogen (secondary N) is 2. The Morgan fingerprint density at radius 2 is 1.84 bits per heavy atom. The molecule has 2 N–H and O–H groups in total. The smallest absolute Gasteiger partial charge is 0.247 e. The van der Waals surface area contributed by atoms with Gasteiger partial charge in [0, 0.05) is 48.2 Å². The third-order valence-corrected chi connectivity index (χ3v) is 6.30. The summed E-state index contributed by atoms with van der Waals surface area (Å²) in [4.78, 5) is 25.4. The zero-order chi connectivity index (χ0) is 26.3. The van der Waals surface area contributed by atoms with Crippen LogP contribution in [0.5, 0.6) is 11.5 Å². The molecule has 1 amide bonds. The van der Waals surface area contributed by atoms with Gasteiger partial charge in [-0.1, -0.05) is 29.8 Å². The van der Waals surface area contributed by atoms with Crippen molar-refractivity contribution in [1.29, 1.82) is 0 Å². The summed E-state index contributed by atoms with van der Waals surface area (Å²) in [5.74, 6) is 1.09. The lowest BCUT2D eigenvalue weighted by molar-refractivity contribution is -0.111. The van der Waals surface area contributed by atoms with Crippen molar-refractivity contribution < 1.29 is 14.3 Å². The monoisotopic (exact) mass is 538 g/mol. The van der Waals surface area contributed by atoms with E-state index in [4.69, 9.17) is 32.7 Å². The van der Waals surface area contributed by atoms with E-state index in [2.05, 4.69) is 37.3 Å². The number of hydrogen-bond donors (Lipinski definition) is 2. The summed E-state index contributed by atoms with van der Waals surface area (Å²) in [6, 6.07) is 3.48. The molecule has 0 atom stereocenters. The number of halogens is 2. The van der Waals surface area contributed by atoms with Crippen LogP contribution in [0.25, 0.3) is 27.8 Å². The van der Waals surface area contributed by atoms with Crippen LogP contribution in [-0.2, 0) is 11.8 Å². The van der Waals surface area contributed by atoms with Crippen molar-refractivity contribution in [3.63, 3.8) is 0 Å². The topological polar surface area (TPSA) is 120 Å². The molecule has 0 aliphatic heterocycles. The molecule has 0 spiro atoms. The zero-order valence-electron chi connectivity index (χ0n) is 19.9. The fraction of sp³-hybridized carbons (Fsp3) is 0.125. The predicted molar refractivity (Wildman–Crippen MR) is 142 cm³/mol. The van der Waals surface area contributed by atoms with Gasteiger partial charge in [-0.2, -0.15) is 10.1 Å². The highest BCUT2D eigenvalue weighted by atomic mass is 35.5. The molecule has 0 saturated carbocycles. The largest absolute Gasteiger partial charge is 0.495 e. The van der Waals surface area contributed by atoms with E-state index in [0.29, 0.717) is 60.9 Å². The van der Waals surface area contributed by atoms with Crippen LogP contribution in [0.15, 0.2) is 49.6 Å². The Morgan fingerprint density at radius 1 is 1.11 bits per heavy atom. The number of hydrogen-bond acceptors (Lipinski definition) is 8. The minimum Gasteiger partial charge on any atom is -0.495 e. The number of pyridine rings is 1. The van der Waals surface area contributed by atoms with Crippen LogP contribution in [0, 0.1) is 0 Å². The van der Waals surface area contributed by atoms with Crippen molar-refractivity contribution in [2.75, 3.05) is 24.9 Å². The number of anilines is 3. The molecule has 0 aliphatic carbocycles. The second-order valence-electron chi connectivity index (χ2n) is 7.82. The van der Waals surface area contributed by atoms with Crippen LogP contribution < -0.4 is 20.1 Å². The highest BCUT2D eigenvalue weighted by Gasteiger charge is 2.23. The number of fused-ring (bicyclic) bond motifs is 3. The molecule has 13 heteroatoms. The molecule has 4 heterocycles. The fourth-order valence-electron chi connectivity index (χ4n) is 3.90. The fourth-order valence-corrected chi connectivity index (χ4v) is 4.60. The number of imidazole rings is 1. The van der Waals surface area contributed by atoms with Gasteiger partial charge in [0.1, 0.15) is 22.8 Å². The van der Waals surface area contributed by atoms with Crippen molar-refractivity contribution >= 4 is 63.2 Å². The maximum Gasteiger partial charge on any atom is 0.247 e. The van der Waals surface area contributed by atoms with E-state index in [1.807, 2.05) is 6.07 Å². The molecular formula is C24H20Cl2N8O3. The van der Waals surface area contributed by atoms with Crippen LogP contribution >= 0.6 is 23.2 Å². The van der Waals surface area contributed by atoms with Crippen molar-refractivity contribution in [3.8, 4) is 22.6 Å². The zero-order valence-corrected chi connectivity index (χ0v) is 21.4. The molecule has 37 heavy (non-hydrogen) atoms. The quantitative estimate of drug-likeness (QED) is 0.281. The lowest BCUT2D eigenvalue weighted by atomic mass is 10.0. The number of rotatable bonds is 7. The Bertz CT molecular complexity index is 1670. The second-order valence-corrected chi connectivity index (χ2v) is 8.57. The Hall–Kier alpha value is -4.35. The third kappa shape index (κ3) is 4.28. The molecule has 0 bridgehead atoms. The Kier molecular flexibility index (Phi) is 6.32. The number of aromatic nitrogens is 6. The summed E-state index contributed by atoms with van der Waals surface area (Å²) in [5.41, 5.74) is 2.75. The summed E-state index contributed by atoms with van der Waals surface area (Å²) >= 11 is 13.4. The standard InChI is InChI=1S/C24H20Cl2N8O3/c1-5-17(35)29-14-11-33(2)32-21(14)30-24-28-10-12-8-13(23-27-6-7-34(23)22(12)31-24)18-19(25)15(36-3)9-16(37-4)20(18)26/h5-11H,1H2,2-4H3,(H,29,35)(H,28,30,31,32). The number of benzene rings is 1. The molecule has 0 fully saturated rings. The van der Waals surface area contributed by atoms with Crippen molar-refractivity contribution in [1.82, 2.24) is 29.1 Å². The number of aryl methyl sites for hydroxylation is 1. The number of methoxy groups -OCH3 is 2. The molecule has 0 saturated heterocycles. The van der Waals surface area contributed by atoms with Crippen LogP contribution in [0.4, 0.5) is 17.5 Å². The molecule has 0 aliphatic rings. The van der Waals surface area contributed by atoms with Gasteiger partial charge in [0.2, 0.25) is 11.9 Å². The summed E-state index contributed by atoms with van der Waals surface area (Å²) in [5, 5.41) is 11.4. The lowest BCUT2D eigenvalue weighted by Gasteiger charge is -2.16.